The molecule has 8 rings (SSSR count). The van der Waals surface area contributed by atoms with Crippen molar-refractivity contribution in [3.8, 4) is 16.8 Å². The molecule has 6 amide bonds. The third kappa shape index (κ3) is 12.9. The predicted octanol–water partition coefficient (Wildman–Crippen LogP) is 3.12. The van der Waals surface area contributed by atoms with E-state index in [-0.39, 0.29) is 41.5 Å². The Hall–Kier alpha value is -6.32. The molecule has 2 fully saturated rings. The monoisotopic (exact) mass is 963 g/mol. The topological polar surface area (TPSA) is 215 Å². The van der Waals surface area contributed by atoms with Crippen molar-refractivity contribution in [1.29, 1.82) is 0 Å². The zero-order valence-electron chi connectivity index (χ0n) is 39.1. The first kappa shape index (κ1) is 49.1. The minimum absolute atomic E-state index is 0.000977. The summed E-state index contributed by atoms with van der Waals surface area (Å²) in [7, 11) is 3.79. The molecule has 0 spiro atoms. The van der Waals surface area contributed by atoms with Gasteiger partial charge in [-0.3, -0.25) is 28.6 Å². The van der Waals surface area contributed by atoms with Crippen LogP contribution in [0.3, 0.4) is 0 Å². The van der Waals surface area contributed by atoms with E-state index in [1.807, 2.05) is 85.6 Å². The van der Waals surface area contributed by atoms with E-state index in [1.54, 1.807) is 38.6 Å². The van der Waals surface area contributed by atoms with Gasteiger partial charge in [-0.05, 0) is 67.8 Å². The molecule has 0 radical (unpaired) electrons. The molecule has 19 nitrogen and oxygen atoms in total. The van der Waals surface area contributed by atoms with Crippen molar-refractivity contribution in [3.05, 3.63) is 95.2 Å². The van der Waals surface area contributed by atoms with Crippen LogP contribution in [0.4, 0.5) is 15.3 Å². The predicted molar refractivity (Wildman–Crippen MR) is 266 cm³/mol. The fourth-order valence-corrected chi connectivity index (χ4v) is 10.4. The van der Waals surface area contributed by atoms with E-state index in [0.29, 0.717) is 103 Å². The summed E-state index contributed by atoms with van der Waals surface area (Å²) in [5.74, 6) is 0.772. The van der Waals surface area contributed by atoms with Gasteiger partial charge in [0.1, 0.15) is 0 Å². The van der Waals surface area contributed by atoms with Crippen molar-refractivity contribution in [3.63, 3.8) is 0 Å². The van der Waals surface area contributed by atoms with Crippen molar-refractivity contribution < 1.29 is 33.4 Å². The fraction of sp³-hybridized carbons (Fsp3) is 0.449. The van der Waals surface area contributed by atoms with Crippen molar-refractivity contribution in [2.24, 2.45) is 7.05 Å². The molecule has 6 heterocycles. The van der Waals surface area contributed by atoms with Crippen LogP contribution in [-0.4, -0.2) is 157 Å². The van der Waals surface area contributed by atoms with Crippen molar-refractivity contribution in [1.82, 2.24) is 50.8 Å². The highest BCUT2D eigenvalue weighted by Crippen LogP contribution is 2.35. The molecule has 5 N–H and O–H groups in total. The minimum Gasteiger partial charge on any atom is -0.377 e. The number of amides is 6. The number of urea groups is 2. The SMILES string of the molecule is CN(CC=CC(=O)N1CCc2ccc(-n3c(=O)ccc4cnc5ccc(-c6cnn(C)c6)cc5c43)cc21)CCNC(=O)NCCOCCOCCOCCNC(=O)CCCC1SCC2NC(=O)NC21. The Kier molecular flexibility index (Phi) is 16.9. The Bertz CT molecular complexity index is 2710. The van der Waals surface area contributed by atoms with Crippen LogP contribution in [0.1, 0.15) is 24.8 Å². The Balaban J connectivity index is 0.672. The van der Waals surface area contributed by atoms with Gasteiger partial charge in [0.15, 0.2) is 0 Å². The Labute approximate surface area is 404 Å². The maximum absolute atomic E-state index is 13.6. The number of aromatic nitrogens is 4. The summed E-state index contributed by atoms with van der Waals surface area (Å²) < 4.78 is 20.1. The number of likely N-dealkylation sites (N-methyl/N-ethyl adjacent to an activating group) is 1. The summed E-state index contributed by atoms with van der Waals surface area (Å²) in [5.41, 5.74) is 5.73. The number of nitrogens with zero attached hydrogens (tertiary/aromatic N) is 6. The number of rotatable bonds is 24. The molecule has 2 aromatic carbocycles. The maximum atomic E-state index is 13.6. The fourth-order valence-electron chi connectivity index (χ4n) is 8.83. The van der Waals surface area contributed by atoms with E-state index in [0.717, 1.165) is 62.8 Å². The first-order valence-electron chi connectivity index (χ1n) is 23.5. The van der Waals surface area contributed by atoms with Gasteiger partial charge in [-0.1, -0.05) is 18.2 Å². The summed E-state index contributed by atoms with van der Waals surface area (Å²) in [6.07, 6.45) is 11.8. The molecule has 2 saturated heterocycles. The molecule has 3 aromatic heterocycles. The number of benzene rings is 2. The van der Waals surface area contributed by atoms with E-state index in [4.69, 9.17) is 14.2 Å². The maximum Gasteiger partial charge on any atom is 0.315 e. The van der Waals surface area contributed by atoms with Gasteiger partial charge in [-0.15, -0.1) is 0 Å². The lowest BCUT2D eigenvalue weighted by molar-refractivity contribution is -0.121. The highest BCUT2D eigenvalue weighted by Gasteiger charge is 2.42. The zero-order chi connectivity index (χ0) is 48.1. The molecule has 3 aliphatic rings. The van der Waals surface area contributed by atoms with Crippen LogP contribution < -0.4 is 37.0 Å². The normalized spacial score (nSPS) is 17.4. The zero-order valence-corrected chi connectivity index (χ0v) is 39.9. The van der Waals surface area contributed by atoms with Gasteiger partial charge >= 0.3 is 12.1 Å². The lowest BCUT2D eigenvalue weighted by atomic mass is 10.0. The molecular weight excluding hydrogens is 903 g/mol. The van der Waals surface area contributed by atoms with Crippen LogP contribution >= 0.6 is 11.8 Å². The molecule has 0 saturated carbocycles. The summed E-state index contributed by atoms with van der Waals surface area (Å²) in [6, 6.07) is 15.2. The van der Waals surface area contributed by atoms with Gasteiger partial charge in [0.25, 0.3) is 11.5 Å². The molecular formula is C49H61N11O8S. The second kappa shape index (κ2) is 23.8. The number of carbonyl (C=O) groups is 4. The van der Waals surface area contributed by atoms with Crippen molar-refractivity contribution in [2.45, 2.75) is 43.0 Å². The van der Waals surface area contributed by atoms with E-state index in [2.05, 4.69) is 36.7 Å². The summed E-state index contributed by atoms with van der Waals surface area (Å²) in [4.78, 5) is 71.6. The van der Waals surface area contributed by atoms with Gasteiger partial charge in [-0.25, -0.2) is 9.59 Å². The largest absolute Gasteiger partial charge is 0.377 e. The number of hydrogen-bond acceptors (Lipinski definition) is 12. The third-order valence-electron chi connectivity index (χ3n) is 12.4. The Morgan fingerprint density at radius 1 is 0.899 bits per heavy atom. The van der Waals surface area contributed by atoms with Crippen LogP contribution in [0.25, 0.3) is 38.6 Å². The Morgan fingerprint density at radius 2 is 1.68 bits per heavy atom. The van der Waals surface area contributed by atoms with Gasteiger partial charge in [-0.2, -0.15) is 16.9 Å². The van der Waals surface area contributed by atoms with Crippen LogP contribution in [0, 0.1) is 0 Å². The average molecular weight is 964 g/mol. The second-order valence-electron chi connectivity index (χ2n) is 17.3. The van der Waals surface area contributed by atoms with E-state index < -0.39 is 0 Å². The lowest BCUT2D eigenvalue weighted by Crippen LogP contribution is -2.40. The molecule has 3 aliphatic heterocycles. The molecule has 3 atom stereocenters. The summed E-state index contributed by atoms with van der Waals surface area (Å²) in [6.45, 7) is 5.15. The number of nitrogens with one attached hydrogen (secondary N) is 5. The molecule has 20 heteroatoms. The van der Waals surface area contributed by atoms with Crippen molar-refractivity contribution in [2.75, 3.05) is 96.6 Å². The first-order chi connectivity index (χ1) is 33.6. The highest BCUT2D eigenvalue weighted by molar-refractivity contribution is 8.00. The van der Waals surface area contributed by atoms with Crippen LogP contribution in [0.2, 0.25) is 0 Å². The molecule has 3 unspecified atom stereocenters. The van der Waals surface area contributed by atoms with Crippen molar-refractivity contribution >= 4 is 63.1 Å². The third-order valence-corrected chi connectivity index (χ3v) is 13.9. The molecule has 0 aliphatic carbocycles. The molecule has 366 valence electrons. The number of hydrogen-bond donors (Lipinski definition) is 5. The molecule has 69 heavy (non-hydrogen) atoms. The quantitative estimate of drug-likeness (QED) is 0.0261. The number of fused-ring (bicyclic) bond motifs is 5. The molecule has 0 bridgehead atoms. The molecule has 5 aromatic rings. The number of anilines is 1. The number of carbonyl (C=O) groups excluding carboxylic acids is 4. The summed E-state index contributed by atoms with van der Waals surface area (Å²) in [5, 5.41) is 20.7. The lowest BCUT2D eigenvalue weighted by Gasteiger charge is -2.18. The number of ether oxygens (including phenoxy) is 3. The smallest absolute Gasteiger partial charge is 0.315 e. The minimum atomic E-state index is -0.293. The summed E-state index contributed by atoms with van der Waals surface area (Å²) >= 11 is 1.85. The number of thioether (sulfide) groups is 1. The van der Waals surface area contributed by atoms with Gasteiger partial charge < -0.3 is 50.6 Å². The first-order valence-corrected chi connectivity index (χ1v) is 24.6. The van der Waals surface area contributed by atoms with Crippen LogP contribution in [0.15, 0.2) is 84.1 Å². The highest BCUT2D eigenvalue weighted by atomic mass is 32.2. The van der Waals surface area contributed by atoms with Crippen LogP contribution in [0.5, 0.6) is 0 Å². The Morgan fingerprint density at radius 3 is 2.48 bits per heavy atom. The van der Waals surface area contributed by atoms with E-state index in [9.17, 15) is 24.0 Å². The second-order valence-corrected chi connectivity index (χ2v) is 18.6. The van der Waals surface area contributed by atoms with Gasteiger partial charge in [0, 0.05) is 110 Å². The standard InChI is InChI=1S/C49H61N11O8S/c1-57(20-15-51-48(64)52-17-22-67-24-26-68-25-23-66-21-16-50-43(61)6-3-5-42-46-40(32-69-42)55-49(65)56-46)18-4-7-44(62)59-19-14-33-8-11-37(28-41(33)59)60-45(63)13-10-35-29-53-39-12-9-34(27-38(39)47(35)60)36-30-54-58(2)31-36/h4,7-13,27-31,40,42,46H,3,5-6,14-26,32H2,1-2H3,(H,50,61)(H2,51,52,64)(H2,55,56,65). The van der Waals surface area contributed by atoms with Gasteiger partial charge in [0.2, 0.25) is 5.91 Å². The van der Waals surface area contributed by atoms with Gasteiger partial charge in [0.05, 0.1) is 74.6 Å². The van der Waals surface area contributed by atoms with E-state index >= 15 is 0 Å². The average Bonchev–Trinajstić information content (AvgIpc) is 4.15. The van der Waals surface area contributed by atoms with Crippen LogP contribution in [-0.2, 0) is 37.3 Å². The number of pyridine rings is 2. The van der Waals surface area contributed by atoms with E-state index in [1.165, 1.54) is 0 Å². The number of aryl methyl sites for hydroxylation is 1.